The van der Waals surface area contributed by atoms with Gasteiger partial charge in [-0.1, -0.05) is 12.8 Å². The fourth-order valence-electron chi connectivity index (χ4n) is 3.52. The fourth-order valence-corrected chi connectivity index (χ4v) is 3.52. The number of nitrogens with one attached hydrogen (secondary N) is 1. The zero-order valence-corrected chi connectivity index (χ0v) is 14.7. The minimum Gasteiger partial charge on any atom is -0.478 e. The highest BCUT2D eigenvalue weighted by Gasteiger charge is 2.29. The van der Waals surface area contributed by atoms with Gasteiger partial charge in [0, 0.05) is 30.1 Å². The van der Waals surface area contributed by atoms with Gasteiger partial charge in [0.2, 0.25) is 5.91 Å². The number of carboxylic acid groups (broad SMARTS) is 1. The average molecular weight is 353 g/mol. The van der Waals surface area contributed by atoms with Crippen molar-refractivity contribution >= 4 is 34.3 Å². The smallest absolute Gasteiger partial charge is 0.336 e. The molecule has 1 aromatic heterocycles. The molecule has 2 aliphatic rings. The van der Waals surface area contributed by atoms with Crippen molar-refractivity contribution in [1.29, 1.82) is 0 Å². The molecule has 6 nitrogen and oxygen atoms in total. The summed E-state index contributed by atoms with van der Waals surface area (Å²) in [6, 6.07) is 6.99. The van der Waals surface area contributed by atoms with Crippen LogP contribution in [0.1, 0.15) is 48.9 Å². The van der Waals surface area contributed by atoms with Crippen molar-refractivity contribution in [3.8, 4) is 0 Å². The molecule has 136 valence electrons. The van der Waals surface area contributed by atoms with Crippen LogP contribution in [0.25, 0.3) is 10.9 Å². The summed E-state index contributed by atoms with van der Waals surface area (Å²) in [5.41, 5.74) is 1.51. The second-order valence-corrected chi connectivity index (χ2v) is 7.23. The second-order valence-electron chi connectivity index (χ2n) is 7.23. The van der Waals surface area contributed by atoms with E-state index in [1.807, 2.05) is 0 Å². The molecule has 0 spiro atoms. The minimum atomic E-state index is -0.973. The van der Waals surface area contributed by atoms with Gasteiger partial charge in [-0.05, 0) is 49.9 Å². The van der Waals surface area contributed by atoms with Gasteiger partial charge in [0.15, 0.2) is 0 Å². The minimum absolute atomic E-state index is 0.00960. The van der Waals surface area contributed by atoms with E-state index in [0.29, 0.717) is 16.6 Å². The first-order valence-electron chi connectivity index (χ1n) is 9.36. The van der Waals surface area contributed by atoms with Gasteiger partial charge in [0.05, 0.1) is 11.1 Å². The second kappa shape index (κ2) is 6.94. The number of carboxylic acids is 1. The normalized spacial score (nSPS) is 17.8. The third-order valence-corrected chi connectivity index (χ3v) is 5.17. The number of anilines is 2. The highest BCUT2D eigenvalue weighted by Crippen LogP contribution is 2.31. The van der Waals surface area contributed by atoms with Crippen LogP contribution in [0, 0.1) is 5.92 Å². The summed E-state index contributed by atoms with van der Waals surface area (Å²) in [7, 11) is 0. The molecule has 4 rings (SSSR count). The molecular formula is C20H23N3O3. The zero-order valence-electron chi connectivity index (χ0n) is 14.7. The molecule has 1 amide bonds. The molecule has 1 aromatic carbocycles. The van der Waals surface area contributed by atoms with E-state index in [1.165, 1.54) is 12.8 Å². The molecule has 1 saturated heterocycles. The average Bonchev–Trinajstić information content (AvgIpc) is 3.47. The molecule has 0 bridgehead atoms. The quantitative estimate of drug-likeness (QED) is 0.876. The molecule has 1 aliphatic carbocycles. The van der Waals surface area contributed by atoms with E-state index in [9.17, 15) is 14.7 Å². The number of fused-ring (bicyclic) bond motifs is 1. The number of benzene rings is 1. The molecule has 26 heavy (non-hydrogen) atoms. The van der Waals surface area contributed by atoms with Crippen LogP contribution in [0.4, 0.5) is 11.5 Å². The zero-order chi connectivity index (χ0) is 18.1. The Morgan fingerprint density at radius 1 is 1.08 bits per heavy atom. The first-order valence-corrected chi connectivity index (χ1v) is 9.36. The molecule has 2 heterocycles. The van der Waals surface area contributed by atoms with Crippen molar-refractivity contribution in [2.75, 3.05) is 23.3 Å². The van der Waals surface area contributed by atoms with Gasteiger partial charge in [-0.3, -0.25) is 4.79 Å². The summed E-state index contributed by atoms with van der Waals surface area (Å²) in [6.45, 7) is 1.82. The number of hydrogen-bond donors (Lipinski definition) is 2. The summed E-state index contributed by atoms with van der Waals surface area (Å²) < 4.78 is 0. The van der Waals surface area contributed by atoms with E-state index in [0.717, 1.165) is 44.6 Å². The lowest BCUT2D eigenvalue weighted by molar-refractivity contribution is -0.117. The van der Waals surface area contributed by atoms with E-state index in [1.54, 1.807) is 24.3 Å². The summed E-state index contributed by atoms with van der Waals surface area (Å²) in [6.07, 6.45) is 6.49. The van der Waals surface area contributed by atoms with Gasteiger partial charge in [-0.2, -0.15) is 0 Å². The highest BCUT2D eigenvalue weighted by atomic mass is 16.4. The largest absolute Gasteiger partial charge is 0.478 e. The Bertz CT molecular complexity index is 853. The van der Waals surface area contributed by atoms with E-state index >= 15 is 0 Å². The first kappa shape index (κ1) is 16.8. The van der Waals surface area contributed by atoms with E-state index in [4.69, 9.17) is 4.98 Å². The fraction of sp³-hybridized carbons (Fsp3) is 0.450. The van der Waals surface area contributed by atoms with Crippen LogP contribution in [-0.4, -0.2) is 35.1 Å². The van der Waals surface area contributed by atoms with Crippen molar-refractivity contribution in [1.82, 2.24) is 4.98 Å². The van der Waals surface area contributed by atoms with E-state index in [-0.39, 0.29) is 17.4 Å². The van der Waals surface area contributed by atoms with Gasteiger partial charge in [0.1, 0.15) is 5.82 Å². The Balaban J connectivity index is 1.70. The molecule has 1 aliphatic heterocycles. The molecule has 2 aromatic rings. The topological polar surface area (TPSA) is 82.5 Å². The molecule has 0 unspecified atom stereocenters. The van der Waals surface area contributed by atoms with Crippen LogP contribution in [0.15, 0.2) is 24.3 Å². The van der Waals surface area contributed by atoms with Gasteiger partial charge >= 0.3 is 5.97 Å². The number of nitrogens with zero attached hydrogens (tertiary/aromatic N) is 2. The third-order valence-electron chi connectivity index (χ3n) is 5.17. The maximum absolute atomic E-state index is 12.0. The van der Waals surface area contributed by atoms with E-state index in [2.05, 4.69) is 10.2 Å². The third kappa shape index (κ3) is 3.49. The summed E-state index contributed by atoms with van der Waals surface area (Å²) >= 11 is 0. The van der Waals surface area contributed by atoms with Crippen LogP contribution >= 0.6 is 0 Å². The van der Waals surface area contributed by atoms with Crippen LogP contribution in [0.3, 0.4) is 0 Å². The van der Waals surface area contributed by atoms with Gasteiger partial charge in [-0.15, -0.1) is 0 Å². The Kier molecular flexibility index (Phi) is 4.49. The Hall–Kier alpha value is -2.63. The number of amides is 1. The molecule has 2 N–H and O–H groups in total. The predicted octanol–water partition coefficient (Wildman–Crippen LogP) is 3.66. The number of pyridine rings is 1. The van der Waals surface area contributed by atoms with Crippen molar-refractivity contribution in [3.05, 3.63) is 29.8 Å². The van der Waals surface area contributed by atoms with Crippen LogP contribution in [0.2, 0.25) is 0 Å². The summed E-state index contributed by atoms with van der Waals surface area (Å²) in [4.78, 5) is 30.7. The predicted molar refractivity (Wildman–Crippen MR) is 101 cm³/mol. The number of carbonyl (C=O) groups is 2. The maximum Gasteiger partial charge on any atom is 0.336 e. The Morgan fingerprint density at radius 3 is 2.46 bits per heavy atom. The van der Waals surface area contributed by atoms with Crippen LogP contribution in [0.5, 0.6) is 0 Å². The van der Waals surface area contributed by atoms with Gasteiger partial charge in [-0.25, -0.2) is 9.78 Å². The van der Waals surface area contributed by atoms with Crippen LogP contribution < -0.4 is 10.2 Å². The van der Waals surface area contributed by atoms with Crippen molar-refractivity contribution in [2.24, 2.45) is 5.92 Å². The number of aromatic nitrogens is 1. The molecule has 6 heteroatoms. The monoisotopic (exact) mass is 353 g/mol. The summed E-state index contributed by atoms with van der Waals surface area (Å²) in [5, 5.41) is 13.1. The van der Waals surface area contributed by atoms with Gasteiger partial charge in [0.25, 0.3) is 0 Å². The lowest BCUT2D eigenvalue weighted by Gasteiger charge is -2.22. The Morgan fingerprint density at radius 2 is 1.81 bits per heavy atom. The first-order chi connectivity index (χ1) is 12.6. The highest BCUT2D eigenvalue weighted by molar-refractivity contribution is 6.05. The summed E-state index contributed by atoms with van der Waals surface area (Å²) in [5.74, 6) is -0.130. The molecule has 0 atom stereocenters. The molecule has 1 saturated carbocycles. The van der Waals surface area contributed by atoms with E-state index < -0.39 is 5.97 Å². The van der Waals surface area contributed by atoms with Crippen molar-refractivity contribution in [2.45, 2.75) is 38.5 Å². The molecule has 2 fully saturated rings. The van der Waals surface area contributed by atoms with Crippen molar-refractivity contribution < 1.29 is 14.7 Å². The standard InChI is InChI=1S/C20H23N3O3/c24-19(13-5-6-13)21-14-7-8-17-15(11-14)16(20(25)26)12-18(22-17)23-9-3-1-2-4-10-23/h7-8,11-13H,1-6,9-10H2,(H,21,24)(H,25,26). The number of hydrogen-bond acceptors (Lipinski definition) is 4. The van der Waals surface area contributed by atoms with Gasteiger partial charge < -0.3 is 15.3 Å². The molecular weight excluding hydrogens is 330 g/mol. The molecule has 0 radical (unpaired) electrons. The maximum atomic E-state index is 12.0. The lowest BCUT2D eigenvalue weighted by Crippen LogP contribution is -2.25. The number of rotatable bonds is 4. The SMILES string of the molecule is O=C(O)c1cc(N2CCCCCC2)nc2ccc(NC(=O)C3CC3)cc12. The number of carbonyl (C=O) groups excluding carboxylic acids is 1. The van der Waals surface area contributed by atoms with Crippen molar-refractivity contribution in [3.63, 3.8) is 0 Å². The number of aromatic carboxylic acids is 1. The van der Waals surface area contributed by atoms with Crippen LogP contribution in [-0.2, 0) is 4.79 Å². The lowest BCUT2D eigenvalue weighted by atomic mass is 10.1. The Labute approximate surface area is 152 Å².